The first-order valence-electron chi connectivity index (χ1n) is 10.3. The molecule has 0 aliphatic heterocycles. The molecule has 154 valence electrons. The second-order valence-corrected chi connectivity index (χ2v) is 8.06. The van der Waals surface area contributed by atoms with Gasteiger partial charge in [0.2, 0.25) is 0 Å². The number of hydrogen-bond donors (Lipinski definition) is 0. The van der Waals surface area contributed by atoms with Crippen LogP contribution < -0.4 is 0 Å². The predicted molar refractivity (Wildman–Crippen MR) is 133 cm³/mol. The summed E-state index contributed by atoms with van der Waals surface area (Å²) in [6.07, 6.45) is 3.78. The van der Waals surface area contributed by atoms with Crippen LogP contribution in [0.2, 0.25) is 0 Å². The monoisotopic (exact) mass is 432 g/mol. The molecule has 2 heterocycles. The molecule has 0 radical (unpaired) electrons. The number of benzene rings is 3. The van der Waals surface area contributed by atoms with E-state index in [1.807, 2.05) is 108 Å². The standard InChI is InChI=1S/C27H20N4S/c1-4-11-21(12-5-1)26(22-13-6-2-7-14-22)29-28-19-23-20-31(24-15-8-3-9-16-24)30-27(23)25-17-10-18-32-25/h1-20H. The van der Waals surface area contributed by atoms with Crippen LogP contribution in [0, 0.1) is 0 Å². The molecule has 5 rings (SSSR count). The van der Waals surface area contributed by atoms with E-state index >= 15 is 0 Å². The maximum Gasteiger partial charge on any atom is 0.112 e. The molecule has 0 amide bonds. The van der Waals surface area contributed by atoms with Gasteiger partial charge in [0.15, 0.2) is 0 Å². The smallest absolute Gasteiger partial charge is 0.112 e. The van der Waals surface area contributed by atoms with Gasteiger partial charge in [0.1, 0.15) is 11.4 Å². The van der Waals surface area contributed by atoms with Gasteiger partial charge in [-0.05, 0) is 23.6 Å². The minimum absolute atomic E-state index is 0.829. The van der Waals surface area contributed by atoms with Crippen LogP contribution in [-0.2, 0) is 0 Å². The first-order chi connectivity index (χ1) is 15.9. The molecule has 4 nitrogen and oxygen atoms in total. The SMILES string of the molecule is C(=NN=C(c1ccccc1)c1ccccc1)c1cn(-c2ccccc2)nc1-c1cccs1. The van der Waals surface area contributed by atoms with E-state index in [1.54, 1.807) is 17.6 Å². The fourth-order valence-electron chi connectivity index (χ4n) is 3.42. The summed E-state index contributed by atoms with van der Waals surface area (Å²) < 4.78 is 1.88. The summed E-state index contributed by atoms with van der Waals surface area (Å²) in [5.41, 5.74) is 5.69. The number of para-hydroxylation sites is 1. The van der Waals surface area contributed by atoms with Gasteiger partial charge in [-0.2, -0.15) is 10.2 Å². The van der Waals surface area contributed by atoms with E-state index in [-0.39, 0.29) is 0 Å². The molecule has 5 aromatic rings. The Bertz CT molecular complexity index is 1300. The number of nitrogens with zero attached hydrogens (tertiary/aromatic N) is 4. The summed E-state index contributed by atoms with van der Waals surface area (Å²) in [6.45, 7) is 0. The lowest BCUT2D eigenvalue weighted by Gasteiger charge is -2.05. The molecule has 0 saturated carbocycles. The molecule has 0 N–H and O–H groups in total. The van der Waals surface area contributed by atoms with Gasteiger partial charge >= 0.3 is 0 Å². The van der Waals surface area contributed by atoms with Gasteiger partial charge in [-0.25, -0.2) is 4.68 Å². The van der Waals surface area contributed by atoms with Crippen LogP contribution >= 0.6 is 11.3 Å². The highest BCUT2D eigenvalue weighted by atomic mass is 32.1. The molecule has 0 fully saturated rings. The Labute approximate surface area is 190 Å². The normalized spacial score (nSPS) is 11.0. The van der Waals surface area contributed by atoms with E-state index < -0.39 is 0 Å². The van der Waals surface area contributed by atoms with Crippen molar-refractivity contribution in [3.05, 3.63) is 131 Å². The summed E-state index contributed by atoms with van der Waals surface area (Å²) in [6, 6.07) is 34.4. The third-order valence-electron chi connectivity index (χ3n) is 4.97. The van der Waals surface area contributed by atoms with Gasteiger partial charge in [-0.1, -0.05) is 84.9 Å². The Hall–Kier alpha value is -4.09. The first-order valence-corrected chi connectivity index (χ1v) is 11.2. The molecule has 0 aliphatic carbocycles. The average molecular weight is 433 g/mol. The van der Waals surface area contributed by atoms with E-state index in [9.17, 15) is 0 Å². The van der Waals surface area contributed by atoms with Gasteiger partial charge in [-0.3, -0.25) is 0 Å². The molecular formula is C27H20N4S. The topological polar surface area (TPSA) is 42.5 Å². The van der Waals surface area contributed by atoms with E-state index in [1.165, 1.54) is 0 Å². The fourth-order valence-corrected chi connectivity index (χ4v) is 4.15. The maximum absolute atomic E-state index is 4.82. The van der Waals surface area contributed by atoms with Crippen molar-refractivity contribution < 1.29 is 0 Å². The zero-order valence-corrected chi connectivity index (χ0v) is 18.1. The Morgan fingerprint density at radius 3 is 1.97 bits per heavy atom. The quantitative estimate of drug-likeness (QED) is 0.224. The minimum Gasteiger partial charge on any atom is -0.240 e. The zero-order valence-electron chi connectivity index (χ0n) is 17.2. The van der Waals surface area contributed by atoms with Crippen LogP contribution in [0.25, 0.3) is 16.3 Å². The first kappa shape index (κ1) is 19.8. The van der Waals surface area contributed by atoms with Crippen molar-refractivity contribution >= 4 is 23.3 Å². The number of rotatable bonds is 6. The molecule has 0 aliphatic rings. The molecule has 0 bridgehead atoms. The number of hydrogen-bond acceptors (Lipinski definition) is 4. The van der Waals surface area contributed by atoms with Crippen LogP contribution in [0.1, 0.15) is 16.7 Å². The van der Waals surface area contributed by atoms with Crippen LogP contribution in [0.4, 0.5) is 0 Å². The minimum atomic E-state index is 0.829. The van der Waals surface area contributed by atoms with E-state index in [4.69, 9.17) is 5.10 Å². The van der Waals surface area contributed by atoms with Gasteiger partial charge in [0, 0.05) is 22.9 Å². The molecule has 0 saturated heterocycles. The highest BCUT2D eigenvalue weighted by Crippen LogP contribution is 2.27. The summed E-state index contributed by atoms with van der Waals surface area (Å²) in [5.74, 6) is 0. The van der Waals surface area contributed by atoms with E-state index in [2.05, 4.69) is 21.6 Å². The third-order valence-corrected chi connectivity index (χ3v) is 5.84. The van der Waals surface area contributed by atoms with E-state index in [0.717, 1.165) is 38.7 Å². The highest BCUT2D eigenvalue weighted by Gasteiger charge is 2.12. The molecule has 5 heteroatoms. The Morgan fingerprint density at radius 2 is 1.38 bits per heavy atom. The Balaban J connectivity index is 1.55. The van der Waals surface area contributed by atoms with Gasteiger partial charge < -0.3 is 0 Å². The van der Waals surface area contributed by atoms with Crippen molar-refractivity contribution in [1.29, 1.82) is 0 Å². The van der Waals surface area contributed by atoms with Crippen molar-refractivity contribution in [3.8, 4) is 16.3 Å². The molecular weight excluding hydrogens is 412 g/mol. The van der Waals surface area contributed by atoms with Crippen molar-refractivity contribution in [2.24, 2.45) is 10.2 Å². The molecule has 0 spiro atoms. The van der Waals surface area contributed by atoms with Crippen LogP contribution in [0.15, 0.2) is 125 Å². The summed E-state index contributed by atoms with van der Waals surface area (Å²) in [5, 5.41) is 16.0. The zero-order chi connectivity index (χ0) is 21.6. The van der Waals surface area contributed by atoms with Crippen LogP contribution in [0.3, 0.4) is 0 Å². The van der Waals surface area contributed by atoms with Crippen molar-refractivity contribution in [2.75, 3.05) is 0 Å². The second kappa shape index (κ2) is 9.37. The molecule has 0 atom stereocenters. The summed E-state index contributed by atoms with van der Waals surface area (Å²) in [7, 11) is 0. The molecule has 3 aromatic carbocycles. The lowest BCUT2D eigenvalue weighted by atomic mass is 10.0. The fraction of sp³-hybridized carbons (Fsp3) is 0. The summed E-state index contributed by atoms with van der Waals surface area (Å²) in [4.78, 5) is 1.09. The van der Waals surface area contributed by atoms with Crippen LogP contribution in [-0.4, -0.2) is 21.7 Å². The summed E-state index contributed by atoms with van der Waals surface area (Å²) >= 11 is 1.66. The largest absolute Gasteiger partial charge is 0.240 e. The van der Waals surface area contributed by atoms with Gasteiger partial charge in [-0.15, -0.1) is 16.4 Å². The molecule has 32 heavy (non-hydrogen) atoms. The average Bonchev–Trinajstić information content (AvgIpc) is 3.54. The van der Waals surface area contributed by atoms with Crippen LogP contribution in [0.5, 0.6) is 0 Å². The Morgan fingerprint density at radius 1 is 0.750 bits per heavy atom. The highest BCUT2D eigenvalue weighted by molar-refractivity contribution is 7.13. The van der Waals surface area contributed by atoms with Crippen molar-refractivity contribution in [1.82, 2.24) is 9.78 Å². The van der Waals surface area contributed by atoms with Crippen molar-refractivity contribution in [2.45, 2.75) is 0 Å². The lowest BCUT2D eigenvalue weighted by molar-refractivity contribution is 0.885. The van der Waals surface area contributed by atoms with Gasteiger partial charge in [0.25, 0.3) is 0 Å². The number of aromatic nitrogens is 2. The van der Waals surface area contributed by atoms with Crippen molar-refractivity contribution in [3.63, 3.8) is 0 Å². The maximum atomic E-state index is 4.82. The van der Waals surface area contributed by atoms with Gasteiger partial charge in [0.05, 0.1) is 16.8 Å². The molecule has 2 aromatic heterocycles. The predicted octanol–water partition coefficient (Wildman–Crippen LogP) is 6.47. The van der Waals surface area contributed by atoms with E-state index in [0.29, 0.717) is 0 Å². The third kappa shape index (κ3) is 4.33. The lowest BCUT2D eigenvalue weighted by Crippen LogP contribution is -2.02. The second-order valence-electron chi connectivity index (χ2n) is 7.12. The molecule has 0 unspecified atom stereocenters. The Kier molecular flexibility index (Phi) is 5.81. The number of thiophene rings is 1.